The highest BCUT2D eigenvalue weighted by molar-refractivity contribution is 5.94. The van der Waals surface area contributed by atoms with Gasteiger partial charge in [-0.1, -0.05) is 0 Å². The normalized spacial score (nSPS) is 22.8. The predicted molar refractivity (Wildman–Crippen MR) is 325 cm³/mol. The second-order valence-corrected chi connectivity index (χ2v) is 21.5. The fraction of sp³-hybridized carbons (Fsp3) is 0.271. The molecule has 7 aromatic rings. The van der Waals surface area contributed by atoms with Crippen molar-refractivity contribution in [3.8, 4) is 40.2 Å². The molecule has 7 aromatic carbocycles. The van der Waals surface area contributed by atoms with E-state index in [1.807, 2.05) is 0 Å². The zero-order valence-corrected chi connectivity index (χ0v) is 51.3. The number of ether oxygens (including phenoxy) is 17. The molecule has 0 bridgehead atoms. The topological polar surface area (TPSA) is 280 Å². The molecule has 0 N–H and O–H groups in total. The molecule has 1 saturated carbocycles. The van der Waals surface area contributed by atoms with Crippen LogP contribution in [0.1, 0.15) is 72.5 Å². The molecule has 486 valence electrons. The van der Waals surface area contributed by atoms with E-state index in [0.29, 0.717) is 34.5 Å². The summed E-state index contributed by atoms with van der Waals surface area (Å²) in [5, 5.41) is 0. The van der Waals surface area contributed by atoms with Crippen molar-refractivity contribution in [2.75, 3.05) is 55.9 Å². The molecule has 1 aliphatic carbocycles. The van der Waals surface area contributed by atoms with E-state index in [2.05, 4.69) is 0 Å². The SMILES string of the molecule is COc1ccc(C(=O)OC[C@H]2O[C@@H](O[C@@H]3OC=C[C@H]4[C@H](OC(=O)c5ccc(OC(=O)c6ccc(OC)cc6)cc5)[C@H]5O[C@]5(COC(=O)c5ccc(OC)cc5)[C@@H]34)[C@H](OC(=O)c3ccc(OC)cc3)[C@@H](OC(=O)c3ccc(OC)cc3)[C@@H]2OC(=O)c2ccc(OC)cc2)cc1. The molecule has 24 nitrogen and oxygen atoms in total. The molecule has 0 amide bonds. The Labute approximate surface area is 537 Å². The van der Waals surface area contributed by atoms with Crippen molar-refractivity contribution < 1.29 is 114 Å². The first-order valence-electron chi connectivity index (χ1n) is 29.3. The third kappa shape index (κ3) is 14.2. The summed E-state index contributed by atoms with van der Waals surface area (Å²) in [6, 6.07) is 41.7. The van der Waals surface area contributed by atoms with Gasteiger partial charge in [0.05, 0.1) is 93.8 Å². The molecule has 24 heteroatoms. The van der Waals surface area contributed by atoms with Crippen LogP contribution in [0.25, 0.3) is 0 Å². The molecule has 94 heavy (non-hydrogen) atoms. The van der Waals surface area contributed by atoms with Gasteiger partial charge < -0.3 is 80.5 Å². The maximum atomic E-state index is 14.7. The van der Waals surface area contributed by atoms with E-state index >= 15 is 0 Å². The maximum Gasteiger partial charge on any atom is 0.343 e. The average Bonchev–Trinajstić information content (AvgIpc) is 1.51. The number of esters is 7. The highest BCUT2D eigenvalue weighted by atomic mass is 16.8. The summed E-state index contributed by atoms with van der Waals surface area (Å²) in [6.45, 7) is -1.21. The van der Waals surface area contributed by atoms with Gasteiger partial charge in [-0.3, -0.25) is 0 Å². The van der Waals surface area contributed by atoms with Crippen molar-refractivity contribution in [2.24, 2.45) is 11.8 Å². The van der Waals surface area contributed by atoms with E-state index in [4.69, 9.17) is 80.5 Å². The summed E-state index contributed by atoms with van der Waals surface area (Å²) in [6.07, 6.45) is -10.1. The first kappa shape index (κ1) is 64.6. The number of hydrogen-bond donors (Lipinski definition) is 0. The summed E-state index contributed by atoms with van der Waals surface area (Å²) < 4.78 is 101. The van der Waals surface area contributed by atoms with Crippen molar-refractivity contribution in [2.45, 2.75) is 54.8 Å². The Kier molecular flexibility index (Phi) is 19.7. The lowest BCUT2D eigenvalue weighted by molar-refractivity contribution is -0.342. The van der Waals surface area contributed by atoms with E-state index in [1.54, 1.807) is 42.5 Å². The van der Waals surface area contributed by atoms with Crippen LogP contribution in [0.4, 0.5) is 0 Å². The van der Waals surface area contributed by atoms with Crippen LogP contribution in [-0.2, 0) is 47.4 Å². The molecule has 11 rings (SSSR count). The number of epoxide rings is 1. The van der Waals surface area contributed by atoms with E-state index in [0.717, 1.165) is 0 Å². The Morgan fingerprint density at radius 2 is 0.713 bits per heavy atom. The summed E-state index contributed by atoms with van der Waals surface area (Å²) in [7, 11) is 8.75. The van der Waals surface area contributed by atoms with Gasteiger partial charge in [0, 0.05) is 5.92 Å². The molecule has 3 fully saturated rings. The van der Waals surface area contributed by atoms with Crippen LogP contribution in [0.15, 0.2) is 182 Å². The lowest BCUT2D eigenvalue weighted by Crippen LogP contribution is -2.64. The molecule has 4 aliphatic rings. The minimum atomic E-state index is -1.94. The molecule has 3 heterocycles. The molecular formula is C70H62O24. The van der Waals surface area contributed by atoms with Crippen molar-refractivity contribution in [1.29, 1.82) is 0 Å². The summed E-state index contributed by atoms with van der Waals surface area (Å²) in [5.74, 6) is -5.30. The third-order valence-corrected chi connectivity index (χ3v) is 16.1. The summed E-state index contributed by atoms with van der Waals surface area (Å²) in [4.78, 5) is 99.2. The molecule has 2 saturated heterocycles. The van der Waals surface area contributed by atoms with Crippen molar-refractivity contribution in [3.63, 3.8) is 0 Å². The lowest BCUT2D eigenvalue weighted by atomic mass is 9.85. The number of carbonyl (C=O) groups excluding carboxylic acids is 7. The number of carbonyl (C=O) groups is 7. The summed E-state index contributed by atoms with van der Waals surface area (Å²) >= 11 is 0. The standard InChI is InChI=1S/C70H62O24/c1-78-46-21-7-39(8-22-46)61(71)85-37-54-57(90-65(75)42-13-27-49(81-4)28-14-42)58(91-66(76)43-15-29-50(82-5)30-16-43)59(92-67(77)44-17-31-51(83-6)32-18-44)69(88-54)93-68-55-53(35-36-84-68)56(60-70(55,94-60)38-86-62(72)40-9-23-47(79-2)24-10-40)89-64(74)45-19-33-52(34-20-45)87-63(73)41-11-25-48(80-3)26-12-41/h7-36,53-60,68-69H,37-38H2,1-6H3/t53-,54-,55-,56+,57-,58+,59-,60-,68+,69+,70-/m1/s1. The number of rotatable bonds is 24. The predicted octanol–water partition coefficient (Wildman–Crippen LogP) is 8.87. The first-order valence-corrected chi connectivity index (χ1v) is 29.3. The third-order valence-electron chi connectivity index (χ3n) is 16.1. The van der Waals surface area contributed by atoms with E-state index in [9.17, 15) is 33.6 Å². The Bertz CT molecular complexity index is 3870. The van der Waals surface area contributed by atoms with Crippen LogP contribution >= 0.6 is 0 Å². The van der Waals surface area contributed by atoms with E-state index in [1.165, 1.54) is 182 Å². The number of methoxy groups -OCH3 is 6. The lowest BCUT2D eigenvalue weighted by Gasteiger charge is -2.46. The Morgan fingerprint density at radius 3 is 1.12 bits per heavy atom. The Hall–Kier alpha value is -11.0. The van der Waals surface area contributed by atoms with Crippen molar-refractivity contribution in [1.82, 2.24) is 0 Å². The molecule has 11 atom stereocenters. The Balaban J connectivity index is 0.960. The molecule has 0 unspecified atom stereocenters. The largest absolute Gasteiger partial charge is 0.497 e. The highest BCUT2D eigenvalue weighted by Crippen LogP contribution is 2.61. The quantitative estimate of drug-likeness (QED) is 0.0236. The zero-order chi connectivity index (χ0) is 66.0. The summed E-state index contributed by atoms with van der Waals surface area (Å²) in [5.41, 5.74) is -1.08. The minimum absolute atomic E-state index is 0.00894. The van der Waals surface area contributed by atoms with Gasteiger partial charge in [0.15, 0.2) is 18.3 Å². The first-order chi connectivity index (χ1) is 45.6. The van der Waals surface area contributed by atoms with Gasteiger partial charge in [-0.15, -0.1) is 0 Å². The zero-order valence-electron chi connectivity index (χ0n) is 51.3. The number of benzene rings is 7. The minimum Gasteiger partial charge on any atom is -0.497 e. The molecular weight excluding hydrogens is 1220 g/mol. The molecule has 0 radical (unpaired) electrons. The van der Waals surface area contributed by atoms with Crippen LogP contribution in [-0.4, -0.2) is 152 Å². The second kappa shape index (κ2) is 28.7. The van der Waals surface area contributed by atoms with Gasteiger partial charge in [-0.2, -0.15) is 0 Å². The molecule has 0 aromatic heterocycles. The fourth-order valence-electron chi connectivity index (χ4n) is 11.1. The van der Waals surface area contributed by atoms with Gasteiger partial charge in [-0.25, -0.2) is 33.6 Å². The van der Waals surface area contributed by atoms with Gasteiger partial charge in [0.25, 0.3) is 0 Å². The molecule has 0 spiro atoms. The smallest absolute Gasteiger partial charge is 0.343 e. The maximum absolute atomic E-state index is 14.7. The van der Waals surface area contributed by atoms with Crippen LogP contribution in [0, 0.1) is 11.8 Å². The van der Waals surface area contributed by atoms with Crippen LogP contribution in [0.2, 0.25) is 0 Å². The van der Waals surface area contributed by atoms with Crippen molar-refractivity contribution in [3.05, 3.63) is 221 Å². The Morgan fingerprint density at radius 1 is 0.372 bits per heavy atom. The van der Waals surface area contributed by atoms with Crippen LogP contribution < -0.4 is 33.2 Å². The number of hydrogen-bond acceptors (Lipinski definition) is 24. The fourth-order valence-corrected chi connectivity index (χ4v) is 11.1. The van der Waals surface area contributed by atoms with Crippen molar-refractivity contribution >= 4 is 41.8 Å². The van der Waals surface area contributed by atoms with Gasteiger partial charge >= 0.3 is 41.8 Å². The second-order valence-electron chi connectivity index (χ2n) is 21.5. The van der Waals surface area contributed by atoms with Gasteiger partial charge in [0.1, 0.15) is 77.4 Å². The van der Waals surface area contributed by atoms with E-state index in [-0.39, 0.29) is 44.7 Å². The highest BCUT2D eigenvalue weighted by Gasteiger charge is 2.78. The van der Waals surface area contributed by atoms with Crippen LogP contribution in [0.3, 0.4) is 0 Å². The average molecular weight is 1290 g/mol. The van der Waals surface area contributed by atoms with E-state index < -0.39 is 122 Å². The van der Waals surface area contributed by atoms with Gasteiger partial charge in [0.2, 0.25) is 12.6 Å². The van der Waals surface area contributed by atoms with Gasteiger partial charge in [-0.05, 0) is 176 Å². The number of fused-ring (bicyclic) bond motifs is 3. The monoisotopic (exact) mass is 1290 g/mol. The van der Waals surface area contributed by atoms with Crippen LogP contribution in [0.5, 0.6) is 40.2 Å². The molecule has 3 aliphatic heterocycles.